The molecular weight excluding hydrogens is 422 g/mol. The van der Waals surface area contributed by atoms with Crippen molar-refractivity contribution in [2.24, 2.45) is 0 Å². The van der Waals surface area contributed by atoms with Gasteiger partial charge in [0.2, 0.25) is 5.43 Å². The van der Waals surface area contributed by atoms with E-state index in [9.17, 15) is 29.1 Å². The zero-order valence-electron chi connectivity index (χ0n) is 16.9. The molecule has 1 unspecified atom stereocenters. The van der Waals surface area contributed by atoms with Crippen molar-refractivity contribution in [3.8, 4) is 11.5 Å². The summed E-state index contributed by atoms with van der Waals surface area (Å²) in [5, 5.41) is 11.6. The van der Waals surface area contributed by atoms with E-state index in [-0.39, 0.29) is 22.5 Å². The summed E-state index contributed by atoms with van der Waals surface area (Å²) in [6.45, 7) is 2.25. The first-order valence-corrected chi connectivity index (χ1v) is 9.22. The average molecular weight is 439 g/mol. The molecule has 2 aromatic carbocycles. The van der Waals surface area contributed by atoms with Gasteiger partial charge in [0.15, 0.2) is 17.5 Å². The number of hydrogen-bond acceptors (Lipinski definition) is 8. The van der Waals surface area contributed by atoms with E-state index in [1.54, 1.807) is 18.2 Å². The minimum absolute atomic E-state index is 0.0449. The van der Waals surface area contributed by atoms with Crippen LogP contribution in [0.3, 0.4) is 0 Å². The second-order valence-electron chi connectivity index (χ2n) is 6.62. The molecule has 0 aliphatic carbocycles. The van der Waals surface area contributed by atoms with Crippen LogP contribution in [-0.4, -0.2) is 28.9 Å². The highest BCUT2D eigenvalue weighted by molar-refractivity contribution is 5.99. The lowest BCUT2D eigenvalue weighted by Crippen LogP contribution is -2.36. The quantitative estimate of drug-likeness (QED) is 0.435. The summed E-state index contributed by atoms with van der Waals surface area (Å²) in [5.41, 5.74) is -1.00. The molecule has 0 aliphatic rings. The number of esters is 2. The number of aliphatic carboxylic acids is 1. The molecule has 0 spiro atoms. The fraction of sp³-hybridized carbons (Fsp3) is 0.136. The van der Waals surface area contributed by atoms with Crippen LogP contribution in [-0.2, 0) is 14.4 Å². The Bertz CT molecular complexity index is 1280. The van der Waals surface area contributed by atoms with E-state index < -0.39 is 40.8 Å². The van der Waals surface area contributed by atoms with Gasteiger partial charge in [-0.05, 0) is 11.6 Å². The van der Waals surface area contributed by atoms with Gasteiger partial charge >= 0.3 is 17.9 Å². The molecule has 10 heteroatoms. The highest BCUT2D eigenvalue weighted by atomic mass is 16.6. The Morgan fingerprint density at radius 3 is 2.12 bits per heavy atom. The number of carboxylic acid groups (broad SMARTS) is 1. The van der Waals surface area contributed by atoms with Crippen LogP contribution < -0.4 is 20.2 Å². The predicted molar refractivity (Wildman–Crippen MR) is 109 cm³/mol. The molecule has 1 aromatic heterocycles. The molecule has 0 bridgehead atoms. The summed E-state index contributed by atoms with van der Waals surface area (Å²) in [6, 6.07) is 8.81. The number of nitrogens with one attached hydrogen (secondary N) is 1. The molecule has 0 saturated carbocycles. The maximum absolute atomic E-state index is 12.9. The van der Waals surface area contributed by atoms with Gasteiger partial charge < -0.3 is 24.3 Å². The fourth-order valence-corrected chi connectivity index (χ4v) is 2.91. The van der Waals surface area contributed by atoms with Crippen molar-refractivity contribution in [2.45, 2.75) is 19.9 Å². The summed E-state index contributed by atoms with van der Waals surface area (Å²) in [5.74, 6) is -4.11. The second-order valence-corrected chi connectivity index (χ2v) is 6.62. The number of carbonyl (C=O) groups is 4. The molecule has 164 valence electrons. The van der Waals surface area contributed by atoms with Crippen molar-refractivity contribution < 1.29 is 38.2 Å². The van der Waals surface area contributed by atoms with Crippen molar-refractivity contribution in [1.29, 1.82) is 0 Å². The number of carboxylic acids is 1. The van der Waals surface area contributed by atoms with Gasteiger partial charge in [0, 0.05) is 19.9 Å². The zero-order valence-corrected chi connectivity index (χ0v) is 16.9. The summed E-state index contributed by atoms with van der Waals surface area (Å²) in [4.78, 5) is 59.9. The van der Waals surface area contributed by atoms with E-state index in [2.05, 4.69) is 5.32 Å². The van der Waals surface area contributed by atoms with Crippen LogP contribution in [0.1, 0.15) is 35.8 Å². The van der Waals surface area contributed by atoms with E-state index in [4.69, 9.17) is 13.9 Å². The van der Waals surface area contributed by atoms with Crippen LogP contribution in [0.5, 0.6) is 11.5 Å². The normalized spacial score (nSPS) is 11.4. The van der Waals surface area contributed by atoms with Gasteiger partial charge in [0.25, 0.3) is 5.91 Å². The third kappa shape index (κ3) is 4.81. The molecule has 3 rings (SSSR count). The highest BCUT2D eigenvalue weighted by Crippen LogP contribution is 2.32. The molecule has 0 aliphatic heterocycles. The van der Waals surface area contributed by atoms with Crippen molar-refractivity contribution >= 4 is 34.8 Å². The lowest BCUT2D eigenvalue weighted by Gasteiger charge is -2.15. The second kappa shape index (κ2) is 9.13. The first-order valence-electron chi connectivity index (χ1n) is 9.22. The zero-order chi connectivity index (χ0) is 23.4. The van der Waals surface area contributed by atoms with Gasteiger partial charge in [0.1, 0.15) is 17.4 Å². The number of rotatable bonds is 6. The lowest BCUT2D eigenvalue weighted by atomic mass is 10.1. The van der Waals surface area contributed by atoms with E-state index in [1.165, 1.54) is 18.2 Å². The van der Waals surface area contributed by atoms with Crippen molar-refractivity contribution in [3.05, 3.63) is 70.1 Å². The SMILES string of the molecule is CC(=O)Oc1cc2occ(C(=O)NC(C(=O)O)c3ccccc3)c(=O)c2cc1OC(C)=O. The Balaban J connectivity index is 2.03. The number of fused-ring (bicyclic) bond motifs is 1. The summed E-state index contributed by atoms with van der Waals surface area (Å²) >= 11 is 0. The Morgan fingerprint density at radius 1 is 0.969 bits per heavy atom. The van der Waals surface area contributed by atoms with Crippen molar-refractivity contribution in [1.82, 2.24) is 5.32 Å². The molecule has 1 heterocycles. The van der Waals surface area contributed by atoms with Gasteiger partial charge in [-0.2, -0.15) is 0 Å². The molecule has 0 saturated heterocycles. The summed E-state index contributed by atoms with van der Waals surface area (Å²) in [6.07, 6.45) is 0.868. The molecular formula is C22H17NO9. The smallest absolute Gasteiger partial charge is 0.330 e. The number of benzene rings is 2. The third-order valence-electron chi connectivity index (χ3n) is 4.25. The molecule has 2 N–H and O–H groups in total. The summed E-state index contributed by atoms with van der Waals surface area (Å²) < 4.78 is 15.3. The Kier molecular flexibility index (Phi) is 6.34. The van der Waals surface area contributed by atoms with Crippen LogP contribution in [0.2, 0.25) is 0 Å². The van der Waals surface area contributed by atoms with Gasteiger partial charge in [-0.15, -0.1) is 0 Å². The Labute approximate surface area is 180 Å². The lowest BCUT2D eigenvalue weighted by molar-refractivity contribution is -0.139. The first kappa shape index (κ1) is 22.2. The first-order chi connectivity index (χ1) is 15.2. The van der Waals surface area contributed by atoms with Crippen LogP contribution in [0.4, 0.5) is 0 Å². The van der Waals surface area contributed by atoms with Crippen LogP contribution >= 0.6 is 0 Å². The molecule has 0 radical (unpaired) electrons. The number of ether oxygens (including phenoxy) is 2. The largest absolute Gasteiger partial charge is 0.479 e. The van der Waals surface area contributed by atoms with Gasteiger partial charge in [0.05, 0.1) is 5.39 Å². The van der Waals surface area contributed by atoms with Crippen LogP contribution in [0, 0.1) is 0 Å². The van der Waals surface area contributed by atoms with Gasteiger partial charge in [-0.3, -0.25) is 19.2 Å². The minimum Gasteiger partial charge on any atom is -0.479 e. The fourth-order valence-electron chi connectivity index (χ4n) is 2.91. The maximum Gasteiger partial charge on any atom is 0.330 e. The third-order valence-corrected chi connectivity index (χ3v) is 4.25. The van der Waals surface area contributed by atoms with Gasteiger partial charge in [-0.25, -0.2) is 4.79 Å². The van der Waals surface area contributed by atoms with Crippen LogP contribution in [0.15, 0.2) is 57.9 Å². The average Bonchev–Trinajstić information content (AvgIpc) is 2.72. The van der Waals surface area contributed by atoms with E-state index >= 15 is 0 Å². The van der Waals surface area contributed by atoms with Crippen LogP contribution in [0.25, 0.3) is 11.0 Å². The topological polar surface area (TPSA) is 149 Å². The summed E-state index contributed by atoms with van der Waals surface area (Å²) in [7, 11) is 0. The van der Waals surface area contributed by atoms with E-state index in [1.807, 2.05) is 0 Å². The standard InChI is InChI=1S/C22H17NO9/c1-11(24)31-17-8-14-16(9-18(17)32-12(2)25)30-10-15(20(14)26)21(27)23-19(22(28)29)13-6-4-3-5-7-13/h3-10,19H,1-2H3,(H,23,27)(H,28,29). The Hall–Kier alpha value is -4.47. The van der Waals surface area contributed by atoms with Crippen molar-refractivity contribution in [3.63, 3.8) is 0 Å². The number of hydrogen-bond donors (Lipinski definition) is 2. The molecule has 3 aromatic rings. The van der Waals surface area contributed by atoms with E-state index in [0.717, 1.165) is 26.2 Å². The predicted octanol–water partition coefficient (Wildman–Crippen LogP) is 2.20. The molecule has 32 heavy (non-hydrogen) atoms. The maximum atomic E-state index is 12.9. The number of carbonyl (C=O) groups excluding carboxylic acids is 3. The minimum atomic E-state index is -1.40. The number of amides is 1. The molecule has 1 atom stereocenters. The molecule has 10 nitrogen and oxygen atoms in total. The van der Waals surface area contributed by atoms with E-state index in [0.29, 0.717) is 5.56 Å². The molecule has 1 amide bonds. The van der Waals surface area contributed by atoms with Crippen molar-refractivity contribution in [2.75, 3.05) is 0 Å². The Morgan fingerprint density at radius 2 is 1.56 bits per heavy atom. The molecule has 0 fully saturated rings. The highest BCUT2D eigenvalue weighted by Gasteiger charge is 2.25. The van der Waals surface area contributed by atoms with Gasteiger partial charge in [-0.1, -0.05) is 30.3 Å². The monoisotopic (exact) mass is 439 g/mol.